The molecular formula is C23H25N5O5. The Labute approximate surface area is 190 Å². The minimum absolute atomic E-state index is 0.0334. The van der Waals surface area contributed by atoms with Gasteiger partial charge in [-0.15, -0.1) is 0 Å². The summed E-state index contributed by atoms with van der Waals surface area (Å²) in [6.45, 7) is 2.89. The Morgan fingerprint density at radius 1 is 1.30 bits per heavy atom. The van der Waals surface area contributed by atoms with Crippen molar-refractivity contribution in [1.82, 2.24) is 14.5 Å². The molecule has 10 nitrogen and oxygen atoms in total. The van der Waals surface area contributed by atoms with Gasteiger partial charge in [0.15, 0.2) is 0 Å². The molecule has 33 heavy (non-hydrogen) atoms. The van der Waals surface area contributed by atoms with Crippen LogP contribution in [0.4, 0.5) is 10.6 Å². The molecular weight excluding hydrogens is 426 g/mol. The number of anilines is 1. The molecule has 6 rings (SSSR count). The Hall–Kier alpha value is -3.21. The van der Waals surface area contributed by atoms with Crippen molar-refractivity contribution in [3.8, 4) is 17.0 Å². The van der Waals surface area contributed by atoms with E-state index in [1.54, 1.807) is 6.20 Å². The molecule has 3 aliphatic rings. The third kappa shape index (κ3) is 3.41. The Morgan fingerprint density at radius 3 is 2.91 bits per heavy atom. The van der Waals surface area contributed by atoms with Gasteiger partial charge in [-0.2, -0.15) is 0 Å². The molecule has 6 heterocycles. The second-order valence-electron chi connectivity index (χ2n) is 8.74. The summed E-state index contributed by atoms with van der Waals surface area (Å²) in [7, 11) is 1.95. The molecule has 1 spiro atoms. The molecule has 3 aromatic rings. The van der Waals surface area contributed by atoms with Gasteiger partial charge in [0.1, 0.15) is 23.3 Å². The zero-order chi connectivity index (χ0) is 22.6. The summed E-state index contributed by atoms with van der Waals surface area (Å²) >= 11 is 0. The van der Waals surface area contributed by atoms with Crippen LogP contribution in [0.5, 0.6) is 5.75 Å². The fraction of sp³-hybridized carbons (Fsp3) is 0.435. The van der Waals surface area contributed by atoms with Gasteiger partial charge in [0, 0.05) is 55.3 Å². The molecule has 10 heteroatoms. The summed E-state index contributed by atoms with van der Waals surface area (Å²) in [4.78, 5) is 20.8. The summed E-state index contributed by atoms with van der Waals surface area (Å²) in [5.41, 5.74) is 9.29. The number of ether oxygens (including phenoxy) is 4. The summed E-state index contributed by atoms with van der Waals surface area (Å²) in [5, 5.41) is 3.45. The maximum Gasteiger partial charge on any atom is 0.317 e. The van der Waals surface area contributed by atoms with Crippen LogP contribution < -0.4 is 15.8 Å². The van der Waals surface area contributed by atoms with Gasteiger partial charge in [-0.25, -0.2) is 14.8 Å². The number of fused-ring (bicyclic) bond motifs is 3. The molecule has 2 amide bonds. The van der Waals surface area contributed by atoms with E-state index in [0.717, 1.165) is 52.0 Å². The highest BCUT2D eigenvalue weighted by molar-refractivity contribution is 5.98. The van der Waals surface area contributed by atoms with Crippen LogP contribution in [-0.2, 0) is 33.3 Å². The van der Waals surface area contributed by atoms with Crippen LogP contribution in [0.1, 0.15) is 17.7 Å². The lowest BCUT2D eigenvalue weighted by atomic mass is 9.89. The Kier molecular flexibility index (Phi) is 4.75. The number of urea groups is 1. The van der Waals surface area contributed by atoms with Gasteiger partial charge in [-0.3, -0.25) is 5.32 Å². The van der Waals surface area contributed by atoms with Gasteiger partial charge in [0.25, 0.3) is 0 Å². The molecule has 3 aromatic heterocycles. The van der Waals surface area contributed by atoms with Crippen LogP contribution in [0.2, 0.25) is 0 Å². The number of carbonyl (C=O) groups excluding carboxylic acids is 1. The van der Waals surface area contributed by atoms with Crippen molar-refractivity contribution in [2.45, 2.75) is 24.5 Å². The van der Waals surface area contributed by atoms with Crippen molar-refractivity contribution in [3.05, 3.63) is 35.8 Å². The van der Waals surface area contributed by atoms with Crippen LogP contribution in [0.25, 0.3) is 22.2 Å². The number of nitrogens with zero attached hydrogens (tertiary/aromatic N) is 3. The van der Waals surface area contributed by atoms with Crippen LogP contribution in [0, 0.1) is 0 Å². The lowest BCUT2D eigenvalue weighted by molar-refractivity contribution is -0.0836. The predicted molar refractivity (Wildman–Crippen MR) is 119 cm³/mol. The molecule has 1 atom stereocenters. The number of aromatic nitrogens is 3. The maximum absolute atomic E-state index is 11.4. The molecule has 3 aliphatic heterocycles. The molecule has 0 bridgehead atoms. The molecule has 2 saturated heterocycles. The first-order chi connectivity index (χ1) is 16.0. The molecule has 172 valence electrons. The van der Waals surface area contributed by atoms with E-state index in [9.17, 15) is 4.79 Å². The van der Waals surface area contributed by atoms with E-state index >= 15 is 0 Å². The van der Waals surface area contributed by atoms with Gasteiger partial charge in [-0.1, -0.05) is 0 Å². The van der Waals surface area contributed by atoms with E-state index in [0.29, 0.717) is 38.9 Å². The Balaban J connectivity index is 1.53. The lowest BCUT2D eigenvalue weighted by Gasteiger charge is -2.36. The van der Waals surface area contributed by atoms with Crippen LogP contribution in [0.3, 0.4) is 0 Å². The van der Waals surface area contributed by atoms with Crippen molar-refractivity contribution in [2.75, 3.05) is 38.4 Å². The van der Waals surface area contributed by atoms with E-state index in [2.05, 4.69) is 10.3 Å². The van der Waals surface area contributed by atoms with Crippen LogP contribution in [-0.4, -0.2) is 59.7 Å². The van der Waals surface area contributed by atoms with Crippen molar-refractivity contribution >= 4 is 22.8 Å². The number of primary amides is 1. The van der Waals surface area contributed by atoms with E-state index in [1.807, 2.05) is 29.9 Å². The summed E-state index contributed by atoms with van der Waals surface area (Å²) in [5.74, 6) is 1.20. The Morgan fingerprint density at radius 2 is 2.18 bits per heavy atom. The van der Waals surface area contributed by atoms with Crippen LogP contribution >= 0.6 is 0 Å². The van der Waals surface area contributed by atoms with E-state index < -0.39 is 11.6 Å². The fourth-order valence-corrected chi connectivity index (χ4v) is 4.81. The van der Waals surface area contributed by atoms with Crippen molar-refractivity contribution in [3.63, 3.8) is 0 Å². The van der Waals surface area contributed by atoms with Gasteiger partial charge < -0.3 is 29.2 Å². The highest BCUT2D eigenvalue weighted by Crippen LogP contribution is 2.44. The second-order valence-corrected chi connectivity index (χ2v) is 8.74. The summed E-state index contributed by atoms with van der Waals surface area (Å²) in [6, 6.07) is 3.15. The van der Waals surface area contributed by atoms with Crippen LogP contribution in [0.15, 0.2) is 24.5 Å². The molecule has 0 aliphatic carbocycles. The number of nitrogens with two attached hydrogens (primary N) is 1. The molecule has 0 radical (unpaired) electrons. The van der Waals surface area contributed by atoms with Gasteiger partial charge >= 0.3 is 6.03 Å². The maximum atomic E-state index is 11.4. The topological polar surface area (TPSA) is 123 Å². The fourth-order valence-electron chi connectivity index (χ4n) is 4.81. The standard InChI is InChI=1S/C23H25N5O5/c1-28-9-16(15-6-20(27-22(24)29)25-8-18(15)28)17-7-19(33-13-10-31-11-13)14-2-4-32-23(21(14)26-17)3-5-30-12-23/h6-9,13H,2-5,10-12H2,1H3,(H3,24,25,27,29). The van der Waals surface area contributed by atoms with Gasteiger partial charge in [0.05, 0.1) is 49.5 Å². The highest BCUT2D eigenvalue weighted by atomic mass is 16.6. The average Bonchev–Trinajstić information content (AvgIpc) is 3.36. The zero-order valence-electron chi connectivity index (χ0n) is 18.3. The van der Waals surface area contributed by atoms with E-state index in [4.69, 9.17) is 29.7 Å². The summed E-state index contributed by atoms with van der Waals surface area (Å²) in [6.07, 6.45) is 5.24. The lowest BCUT2D eigenvalue weighted by Crippen LogP contribution is -2.40. The number of nitrogens with one attached hydrogen (secondary N) is 1. The number of hydrogen-bond donors (Lipinski definition) is 2. The Bertz CT molecular complexity index is 1250. The third-order valence-electron chi connectivity index (χ3n) is 6.53. The number of carbonyl (C=O) groups is 1. The first kappa shape index (κ1) is 20.4. The predicted octanol–water partition coefficient (Wildman–Crippen LogP) is 2.09. The number of rotatable bonds is 4. The average molecular weight is 451 g/mol. The second kappa shape index (κ2) is 7.68. The molecule has 3 N–H and O–H groups in total. The number of hydrogen-bond acceptors (Lipinski definition) is 7. The minimum atomic E-state index is -0.662. The largest absolute Gasteiger partial charge is 0.485 e. The number of aryl methyl sites for hydroxylation is 1. The number of pyridine rings is 2. The monoisotopic (exact) mass is 451 g/mol. The summed E-state index contributed by atoms with van der Waals surface area (Å²) < 4.78 is 25.6. The molecule has 2 fully saturated rings. The zero-order valence-corrected chi connectivity index (χ0v) is 18.3. The quantitative estimate of drug-likeness (QED) is 0.623. The van der Waals surface area contributed by atoms with Crippen molar-refractivity contribution < 1.29 is 23.7 Å². The SMILES string of the molecule is Cn1cc(-c2cc(OC3COC3)c3c(n2)C2(CCOC2)OCC3)c2cc(NC(N)=O)ncc21. The van der Waals surface area contributed by atoms with Crippen molar-refractivity contribution in [1.29, 1.82) is 0 Å². The van der Waals surface area contributed by atoms with Crippen molar-refractivity contribution in [2.24, 2.45) is 12.8 Å². The normalized spacial score (nSPS) is 22.3. The van der Waals surface area contributed by atoms with Gasteiger partial charge in [0.2, 0.25) is 0 Å². The molecule has 0 saturated carbocycles. The minimum Gasteiger partial charge on any atom is -0.485 e. The van der Waals surface area contributed by atoms with E-state index in [-0.39, 0.29) is 6.10 Å². The van der Waals surface area contributed by atoms with E-state index in [1.165, 1.54) is 0 Å². The third-order valence-corrected chi connectivity index (χ3v) is 6.53. The smallest absolute Gasteiger partial charge is 0.317 e. The number of amides is 2. The first-order valence-electron chi connectivity index (χ1n) is 11.0. The highest BCUT2D eigenvalue weighted by Gasteiger charge is 2.44. The van der Waals surface area contributed by atoms with Gasteiger partial charge in [-0.05, 0) is 6.07 Å². The first-order valence-corrected chi connectivity index (χ1v) is 11.0. The molecule has 1 unspecified atom stereocenters. The molecule has 0 aromatic carbocycles.